The molecule has 2 heterocycles. The Kier molecular flexibility index (Phi) is 6.63. The standard InChI is InChI=1S/C26H29N3O4S/c30-26(20-10-11-20)21-12-14-23(15-13-21)33-18-4-8-22-7-3-17-29(22)28-34(31,32)24-9-1-5-19-6-2-16-27-25(19)24/h1-2,5-6,9,12-16,20,22,28H,3-4,7-8,10-11,17-18H2/t22-/m1/s1. The van der Waals surface area contributed by atoms with E-state index < -0.39 is 10.0 Å². The zero-order valence-electron chi connectivity index (χ0n) is 19.0. The first-order valence-electron chi connectivity index (χ1n) is 11.9. The minimum atomic E-state index is -3.74. The van der Waals surface area contributed by atoms with Crippen molar-refractivity contribution in [3.8, 4) is 5.75 Å². The number of sulfonamides is 1. The highest BCUT2D eigenvalue weighted by Gasteiger charge is 2.31. The van der Waals surface area contributed by atoms with Gasteiger partial charge in [0.2, 0.25) is 0 Å². The number of nitrogens with one attached hydrogen (secondary N) is 1. The lowest BCUT2D eigenvalue weighted by Gasteiger charge is -2.25. The number of carbonyl (C=O) groups excluding carboxylic acids is 1. The molecule has 1 N–H and O–H groups in total. The Morgan fingerprint density at radius 1 is 1.06 bits per heavy atom. The summed E-state index contributed by atoms with van der Waals surface area (Å²) in [6.07, 6.45) is 7.13. The van der Waals surface area contributed by atoms with Gasteiger partial charge in [0.1, 0.15) is 10.6 Å². The van der Waals surface area contributed by atoms with Crippen LogP contribution in [0.5, 0.6) is 5.75 Å². The normalized spacial score (nSPS) is 18.9. The maximum atomic E-state index is 13.1. The number of pyridine rings is 1. The number of carbonyl (C=O) groups is 1. The van der Waals surface area contributed by atoms with Crippen molar-refractivity contribution in [2.45, 2.75) is 49.5 Å². The van der Waals surface area contributed by atoms with Gasteiger partial charge in [-0.3, -0.25) is 9.78 Å². The smallest absolute Gasteiger partial charge is 0.255 e. The summed E-state index contributed by atoms with van der Waals surface area (Å²) in [5.41, 5.74) is 1.23. The minimum Gasteiger partial charge on any atom is -0.494 e. The first-order valence-corrected chi connectivity index (χ1v) is 13.4. The van der Waals surface area contributed by atoms with Crippen LogP contribution in [0, 0.1) is 5.92 Å². The maximum absolute atomic E-state index is 13.1. The number of hydrogen-bond donors (Lipinski definition) is 1. The van der Waals surface area contributed by atoms with Crippen molar-refractivity contribution in [1.29, 1.82) is 0 Å². The largest absolute Gasteiger partial charge is 0.494 e. The second-order valence-corrected chi connectivity index (χ2v) is 10.7. The molecular formula is C26H29N3O4S. The second kappa shape index (κ2) is 9.82. The molecule has 1 aliphatic carbocycles. The molecule has 1 saturated heterocycles. The highest BCUT2D eigenvalue weighted by molar-refractivity contribution is 7.89. The van der Waals surface area contributed by atoms with Crippen LogP contribution in [0.3, 0.4) is 0 Å². The lowest BCUT2D eigenvalue weighted by molar-refractivity contribution is 0.0967. The van der Waals surface area contributed by atoms with E-state index in [2.05, 4.69) is 9.82 Å². The van der Waals surface area contributed by atoms with Crippen molar-refractivity contribution in [2.75, 3.05) is 13.2 Å². The van der Waals surface area contributed by atoms with Gasteiger partial charge in [-0.05, 0) is 74.9 Å². The Balaban J connectivity index is 1.14. The number of hydrazine groups is 1. The number of aromatic nitrogens is 1. The third kappa shape index (κ3) is 5.14. The molecule has 34 heavy (non-hydrogen) atoms. The van der Waals surface area contributed by atoms with Crippen molar-refractivity contribution < 1.29 is 17.9 Å². The van der Waals surface area contributed by atoms with Gasteiger partial charge in [-0.1, -0.05) is 18.2 Å². The lowest BCUT2D eigenvalue weighted by atomic mass is 10.1. The number of ether oxygens (including phenoxy) is 1. The third-order valence-electron chi connectivity index (χ3n) is 6.54. The number of Topliss-reactive ketones (excluding diaryl/α,β-unsaturated/α-hetero) is 1. The Hall–Kier alpha value is -2.81. The van der Waals surface area contributed by atoms with Crippen LogP contribution in [0.25, 0.3) is 10.9 Å². The summed E-state index contributed by atoms with van der Waals surface area (Å²) in [6, 6.07) is 16.4. The zero-order valence-corrected chi connectivity index (χ0v) is 19.8. The van der Waals surface area contributed by atoms with E-state index in [4.69, 9.17) is 4.74 Å². The van der Waals surface area contributed by atoms with Gasteiger partial charge >= 0.3 is 0 Å². The molecule has 0 bridgehead atoms. The van der Waals surface area contributed by atoms with Crippen LogP contribution < -0.4 is 9.57 Å². The van der Waals surface area contributed by atoms with Crippen LogP contribution in [0.1, 0.15) is 48.9 Å². The van der Waals surface area contributed by atoms with Crippen LogP contribution in [0.4, 0.5) is 0 Å². The molecule has 0 unspecified atom stereocenters. The predicted octanol–water partition coefficient (Wildman–Crippen LogP) is 4.34. The molecule has 7 nitrogen and oxygen atoms in total. The average molecular weight is 480 g/mol. The molecule has 1 saturated carbocycles. The van der Waals surface area contributed by atoms with Gasteiger partial charge in [0.25, 0.3) is 10.0 Å². The molecule has 5 rings (SSSR count). The van der Waals surface area contributed by atoms with Crippen LogP contribution in [0.2, 0.25) is 0 Å². The van der Waals surface area contributed by atoms with Crippen molar-refractivity contribution in [3.05, 3.63) is 66.4 Å². The molecule has 0 radical (unpaired) electrons. The molecule has 8 heteroatoms. The van der Waals surface area contributed by atoms with Crippen LogP contribution in [0.15, 0.2) is 65.7 Å². The topological polar surface area (TPSA) is 88.6 Å². The van der Waals surface area contributed by atoms with Crippen molar-refractivity contribution >= 4 is 26.7 Å². The molecule has 0 amide bonds. The first kappa shape index (κ1) is 23.0. The minimum absolute atomic E-state index is 0.125. The van der Waals surface area contributed by atoms with E-state index >= 15 is 0 Å². The molecule has 178 valence electrons. The monoisotopic (exact) mass is 479 g/mol. The number of benzene rings is 2. The number of hydrogen-bond acceptors (Lipinski definition) is 6. The van der Waals surface area contributed by atoms with Crippen LogP contribution in [-0.2, 0) is 10.0 Å². The van der Waals surface area contributed by atoms with Crippen molar-refractivity contribution in [1.82, 2.24) is 14.8 Å². The Morgan fingerprint density at radius 2 is 1.85 bits per heavy atom. The predicted molar refractivity (Wildman–Crippen MR) is 130 cm³/mol. The Labute approximate surface area is 200 Å². The fourth-order valence-corrected chi connectivity index (χ4v) is 5.89. The fraction of sp³-hybridized carbons (Fsp3) is 0.385. The molecular weight excluding hydrogens is 450 g/mol. The summed E-state index contributed by atoms with van der Waals surface area (Å²) >= 11 is 0. The molecule has 0 spiro atoms. The zero-order chi connectivity index (χ0) is 23.5. The summed E-state index contributed by atoms with van der Waals surface area (Å²) in [5, 5.41) is 2.64. The summed E-state index contributed by atoms with van der Waals surface area (Å²) in [5.74, 6) is 1.20. The van der Waals surface area contributed by atoms with E-state index in [-0.39, 0.29) is 22.6 Å². The van der Waals surface area contributed by atoms with Gasteiger partial charge < -0.3 is 4.74 Å². The molecule has 2 aliphatic rings. The average Bonchev–Trinajstić information content (AvgIpc) is 3.62. The number of ketones is 1. The molecule has 3 aromatic rings. The number of nitrogens with zero attached hydrogens (tertiary/aromatic N) is 2. The highest BCUT2D eigenvalue weighted by atomic mass is 32.2. The maximum Gasteiger partial charge on any atom is 0.255 e. The number of rotatable bonds is 10. The SMILES string of the molecule is O=C(c1ccc(OCCC[C@H]2CCCN2NS(=O)(=O)c2cccc3cccnc23)cc1)C1CC1. The molecule has 1 aromatic heterocycles. The van der Waals surface area contributed by atoms with E-state index in [0.717, 1.165) is 55.2 Å². The van der Waals surface area contributed by atoms with E-state index in [1.54, 1.807) is 24.4 Å². The van der Waals surface area contributed by atoms with E-state index in [0.29, 0.717) is 18.7 Å². The van der Waals surface area contributed by atoms with Gasteiger partial charge in [-0.25, -0.2) is 13.4 Å². The number of fused-ring (bicyclic) bond motifs is 1. The molecule has 1 atom stereocenters. The first-order chi connectivity index (χ1) is 16.5. The summed E-state index contributed by atoms with van der Waals surface area (Å²) in [7, 11) is -3.74. The van der Waals surface area contributed by atoms with E-state index in [9.17, 15) is 13.2 Å². The van der Waals surface area contributed by atoms with Gasteiger partial charge in [0.15, 0.2) is 5.78 Å². The van der Waals surface area contributed by atoms with Crippen molar-refractivity contribution in [2.24, 2.45) is 5.92 Å². The Bertz CT molecular complexity index is 1270. The van der Waals surface area contributed by atoms with Crippen molar-refractivity contribution in [3.63, 3.8) is 0 Å². The highest BCUT2D eigenvalue weighted by Crippen LogP contribution is 2.33. The van der Waals surface area contributed by atoms with E-state index in [1.165, 1.54) is 0 Å². The van der Waals surface area contributed by atoms with Gasteiger partial charge in [-0.2, -0.15) is 0 Å². The van der Waals surface area contributed by atoms with Gasteiger partial charge in [0.05, 0.1) is 12.1 Å². The van der Waals surface area contributed by atoms with Crippen LogP contribution >= 0.6 is 0 Å². The van der Waals surface area contributed by atoms with Gasteiger partial charge in [0, 0.05) is 35.7 Å². The molecule has 1 aliphatic heterocycles. The third-order valence-corrected chi connectivity index (χ3v) is 7.92. The Morgan fingerprint density at radius 3 is 2.65 bits per heavy atom. The van der Waals surface area contributed by atoms with Crippen LogP contribution in [-0.4, -0.2) is 43.4 Å². The van der Waals surface area contributed by atoms with E-state index in [1.807, 2.05) is 41.4 Å². The summed E-state index contributed by atoms with van der Waals surface area (Å²) in [6.45, 7) is 1.22. The lowest BCUT2D eigenvalue weighted by Crippen LogP contribution is -2.45. The summed E-state index contributed by atoms with van der Waals surface area (Å²) < 4.78 is 32.1. The molecule has 2 aromatic carbocycles. The fourth-order valence-electron chi connectivity index (χ4n) is 4.56. The second-order valence-electron chi connectivity index (χ2n) is 9.07. The quantitative estimate of drug-likeness (QED) is 0.344. The summed E-state index contributed by atoms with van der Waals surface area (Å²) in [4.78, 5) is 19.4. The number of para-hydroxylation sites is 1. The van der Waals surface area contributed by atoms with Gasteiger partial charge in [-0.15, -0.1) is 4.83 Å². The molecule has 2 fully saturated rings.